The molecule has 1 fully saturated rings. The first kappa shape index (κ1) is 11.3. The monoisotopic (exact) mass is 199 g/mol. The van der Waals surface area contributed by atoms with Crippen molar-refractivity contribution in [2.45, 2.75) is 45.3 Å². The largest absolute Gasteiger partial charge is 0.444 e. The Morgan fingerprint density at radius 3 is 2.79 bits per heavy atom. The van der Waals surface area contributed by atoms with Crippen molar-refractivity contribution in [2.24, 2.45) is 0 Å². The fraction of sp³-hybridized carbons (Fsp3) is 0.800. The number of hydrogen-bond donors (Lipinski definition) is 2. The molecule has 14 heavy (non-hydrogen) atoms. The molecule has 81 valence electrons. The van der Waals surface area contributed by atoms with Gasteiger partial charge in [-0.2, -0.15) is 0 Å². The minimum atomic E-state index is -0.416. The minimum Gasteiger partial charge on any atom is -0.444 e. The molecule has 1 aliphatic rings. The zero-order valence-electron chi connectivity index (χ0n) is 9.09. The van der Waals surface area contributed by atoms with E-state index in [1.54, 1.807) is 0 Å². The van der Waals surface area contributed by atoms with Gasteiger partial charge in [-0.05, 0) is 40.2 Å². The predicted octanol–water partition coefficient (Wildman–Crippen LogP) is 1.42. The van der Waals surface area contributed by atoms with Crippen molar-refractivity contribution in [1.82, 2.24) is 10.6 Å². The Bertz CT molecular complexity index is 193. The van der Waals surface area contributed by atoms with Crippen molar-refractivity contribution in [1.29, 1.82) is 0 Å². The summed E-state index contributed by atoms with van der Waals surface area (Å²) in [5.41, 5.74) is -0.416. The van der Waals surface area contributed by atoms with E-state index < -0.39 is 5.60 Å². The molecule has 4 nitrogen and oxygen atoms in total. The van der Waals surface area contributed by atoms with Gasteiger partial charge in [0.25, 0.3) is 0 Å². The summed E-state index contributed by atoms with van der Waals surface area (Å²) in [6.07, 6.45) is 1.49. The maximum absolute atomic E-state index is 11.4. The molecular weight excluding hydrogens is 180 g/mol. The molecule has 4 heteroatoms. The number of carbonyl (C=O) groups is 1. The maximum atomic E-state index is 11.4. The van der Waals surface area contributed by atoms with Crippen LogP contribution in [0.5, 0.6) is 0 Å². The van der Waals surface area contributed by atoms with Gasteiger partial charge in [0.1, 0.15) is 5.60 Å². The Morgan fingerprint density at radius 2 is 2.29 bits per heavy atom. The van der Waals surface area contributed by atoms with Gasteiger partial charge in [-0.3, -0.25) is 0 Å². The van der Waals surface area contributed by atoms with E-state index in [1.165, 1.54) is 0 Å². The first-order valence-electron chi connectivity index (χ1n) is 5.02. The number of hydrogen-bond acceptors (Lipinski definition) is 3. The van der Waals surface area contributed by atoms with E-state index in [4.69, 9.17) is 4.74 Å². The van der Waals surface area contributed by atoms with Crippen molar-refractivity contribution in [3.8, 4) is 0 Å². The standard InChI is InChI=1S/C10H19N2O2/c1-10(2,3)14-9(13)12-8-4-6-11-7-5-8/h6,8,11H,4-5,7H2,1-3H3,(H,12,13). The summed E-state index contributed by atoms with van der Waals surface area (Å²) in [4.78, 5) is 11.4. The van der Waals surface area contributed by atoms with Gasteiger partial charge >= 0.3 is 6.09 Å². The average molecular weight is 199 g/mol. The lowest BCUT2D eigenvalue weighted by atomic mass is 10.1. The molecule has 0 aromatic carbocycles. The molecule has 1 amide bonds. The summed E-state index contributed by atoms with van der Waals surface area (Å²) < 4.78 is 5.16. The Morgan fingerprint density at radius 1 is 1.57 bits per heavy atom. The number of rotatable bonds is 1. The molecule has 0 saturated carbocycles. The first-order valence-corrected chi connectivity index (χ1v) is 5.02. The molecule has 1 aliphatic heterocycles. The number of carbonyl (C=O) groups excluding carboxylic acids is 1. The van der Waals surface area contributed by atoms with E-state index >= 15 is 0 Å². The van der Waals surface area contributed by atoms with Crippen molar-refractivity contribution < 1.29 is 9.53 Å². The van der Waals surface area contributed by atoms with Gasteiger partial charge in [0.15, 0.2) is 0 Å². The van der Waals surface area contributed by atoms with Crippen LogP contribution in [0, 0.1) is 6.54 Å². The highest BCUT2D eigenvalue weighted by Gasteiger charge is 2.20. The van der Waals surface area contributed by atoms with Crippen LogP contribution in [0.3, 0.4) is 0 Å². The second kappa shape index (κ2) is 4.64. The van der Waals surface area contributed by atoms with E-state index in [2.05, 4.69) is 10.6 Å². The lowest BCUT2D eigenvalue weighted by Gasteiger charge is -2.26. The van der Waals surface area contributed by atoms with Crippen molar-refractivity contribution in [2.75, 3.05) is 6.54 Å². The summed E-state index contributed by atoms with van der Waals surface area (Å²) in [7, 11) is 0. The highest BCUT2D eigenvalue weighted by atomic mass is 16.6. The van der Waals surface area contributed by atoms with E-state index in [0.29, 0.717) is 0 Å². The average Bonchev–Trinajstić information content (AvgIpc) is 2.02. The van der Waals surface area contributed by atoms with Crippen LogP contribution in [-0.2, 0) is 4.74 Å². The third-order valence-corrected chi connectivity index (χ3v) is 1.90. The SMILES string of the molecule is CC(C)(C)OC(=O)NC1C[CH]NCC1. The van der Waals surface area contributed by atoms with Crippen molar-refractivity contribution in [3.05, 3.63) is 6.54 Å². The lowest BCUT2D eigenvalue weighted by molar-refractivity contribution is 0.0498. The third-order valence-electron chi connectivity index (χ3n) is 1.90. The summed E-state index contributed by atoms with van der Waals surface area (Å²) in [6, 6.07) is 0.214. The Hall–Kier alpha value is -0.770. The number of piperidine rings is 1. The van der Waals surface area contributed by atoms with Crippen LogP contribution in [0.15, 0.2) is 0 Å². The van der Waals surface area contributed by atoms with Gasteiger partial charge in [-0.25, -0.2) is 4.79 Å². The number of amides is 1. The zero-order chi connectivity index (χ0) is 10.6. The van der Waals surface area contributed by atoms with Gasteiger partial charge in [-0.1, -0.05) is 0 Å². The molecule has 1 rings (SSSR count). The molecule has 1 unspecified atom stereocenters. The molecule has 0 aliphatic carbocycles. The van der Waals surface area contributed by atoms with Crippen LogP contribution < -0.4 is 10.6 Å². The topological polar surface area (TPSA) is 50.4 Å². The van der Waals surface area contributed by atoms with Crippen molar-refractivity contribution >= 4 is 6.09 Å². The molecule has 1 radical (unpaired) electrons. The van der Waals surface area contributed by atoms with Gasteiger partial charge in [0, 0.05) is 12.6 Å². The predicted molar refractivity (Wildman–Crippen MR) is 54.7 cm³/mol. The van der Waals surface area contributed by atoms with E-state index in [1.807, 2.05) is 27.3 Å². The normalized spacial score (nSPS) is 19.1. The van der Waals surface area contributed by atoms with Crippen LogP contribution in [0.25, 0.3) is 0 Å². The van der Waals surface area contributed by atoms with E-state index in [9.17, 15) is 4.79 Å². The third kappa shape index (κ3) is 4.46. The minimum absolute atomic E-state index is 0.214. The van der Waals surface area contributed by atoms with Crippen LogP contribution >= 0.6 is 0 Å². The molecule has 2 N–H and O–H groups in total. The summed E-state index contributed by atoms with van der Waals surface area (Å²) in [5.74, 6) is 0. The second-order valence-corrected chi connectivity index (χ2v) is 4.53. The maximum Gasteiger partial charge on any atom is 0.407 e. The molecule has 1 atom stereocenters. The summed E-state index contributed by atoms with van der Waals surface area (Å²) >= 11 is 0. The van der Waals surface area contributed by atoms with Gasteiger partial charge in [0.2, 0.25) is 0 Å². The number of nitrogens with one attached hydrogen (secondary N) is 2. The molecule has 0 spiro atoms. The highest BCUT2D eigenvalue weighted by Crippen LogP contribution is 2.09. The molecule has 0 aromatic heterocycles. The Kier molecular flexibility index (Phi) is 3.75. The van der Waals surface area contributed by atoms with Gasteiger partial charge < -0.3 is 15.4 Å². The second-order valence-electron chi connectivity index (χ2n) is 4.53. The lowest BCUT2D eigenvalue weighted by Crippen LogP contribution is -2.43. The Balaban J connectivity index is 2.25. The Labute approximate surface area is 85.4 Å². The summed E-state index contributed by atoms with van der Waals surface area (Å²) in [6.45, 7) is 8.48. The van der Waals surface area contributed by atoms with Crippen LogP contribution in [0.4, 0.5) is 4.79 Å². The first-order chi connectivity index (χ1) is 6.47. The molecule has 0 bridgehead atoms. The number of ether oxygens (including phenoxy) is 1. The number of alkyl carbamates (subject to hydrolysis) is 1. The van der Waals surface area contributed by atoms with Crippen molar-refractivity contribution in [3.63, 3.8) is 0 Å². The fourth-order valence-electron chi connectivity index (χ4n) is 1.31. The quantitative estimate of drug-likeness (QED) is 0.671. The fourth-order valence-corrected chi connectivity index (χ4v) is 1.31. The molecular formula is C10H19N2O2. The molecule has 1 saturated heterocycles. The van der Waals surface area contributed by atoms with E-state index in [0.717, 1.165) is 19.4 Å². The van der Waals surface area contributed by atoms with Gasteiger partial charge in [0.05, 0.1) is 0 Å². The van der Waals surface area contributed by atoms with Gasteiger partial charge in [-0.15, -0.1) is 0 Å². The van der Waals surface area contributed by atoms with Crippen LogP contribution in [0.1, 0.15) is 33.6 Å². The van der Waals surface area contributed by atoms with Crippen LogP contribution in [0.2, 0.25) is 0 Å². The zero-order valence-corrected chi connectivity index (χ0v) is 9.09. The smallest absolute Gasteiger partial charge is 0.407 e. The highest BCUT2D eigenvalue weighted by molar-refractivity contribution is 5.68. The summed E-state index contributed by atoms with van der Waals surface area (Å²) in [5, 5.41) is 5.96. The molecule has 1 heterocycles. The van der Waals surface area contributed by atoms with Crippen LogP contribution in [-0.4, -0.2) is 24.3 Å². The molecule has 0 aromatic rings. The van der Waals surface area contributed by atoms with E-state index in [-0.39, 0.29) is 12.1 Å².